The fourth-order valence-corrected chi connectivity index (χ4v) is 0.188. The molecule has 0 rings (SSSR count). The van der Waals surface area contributed by atoms with Gasteiger partial charge in [-0.15, -0.1) is 0 Å². The standard InChI is InChI=1S/C4H3F3O3.Li.H/c1-2(8)10-3(9)4(5,6)7;;/h1H3;;. The van der Waals surface area contributed by atoms with E-state index < -0.39 is 18.1 Å². The van der Waals surface area contributed by atoms with Gasteiger partial charge in [-0.2, -0.15) is 13.2 Å². The van der Waals surface area contributed by atoms with Gasteiger partial charge in [-0.1, -0.05) is 0 Å². The summed E-state index contributed by atoms with van der Waals surface area (Å²) >= 11 is 0. The van der Waals surface area contributed by atoms with Crippen LogP contribution in [0.1, 0.15) is 6.92 Å². The molecule has 0 bridgehead atoms. The molecule has 0 N–H and O–H groups in total. The van der Waals surface area contributed by atoms with E-state index in [-0.39, 0.29) is 18.9 Å². The van der Waals surface area contributed by atoms with E-state index in [9.17, 15) is 22.8 Å². The summed E-state index contributed by atoms with van der Waals surface area (Å²) in [6, 6.07) is 0. The fourth-order valence-electron chi connectivity index (χ4n) is 0.188. The number of halogens is 3. The zero-order valence-corrected chi connectivity index (χ0v) is 4.86. The second kappa shape index (κ2) is 4.41. The third-order valence-corrected chi connectivity index (χ3v) is 0.468. The topological polar surface area (TPSA) is 43.4 Å². The van der Waals surface area contributed by atoms with Crippen LogP contribution < -0.4 is 0 Å². The molecule has 0 aromatic carbocycles. The molecular weight excluding hydrogens is 160 g/mol. The van der Waals surface area contributed by atoms with E-state index in [2.05, 4.69) is 4.74 Å². The zero-order chi connectivity index (χ0) is 8.36. The normalized spacial score (nSPS) is 9.82. The molecule has 0 fully saturated rings. The maximum atomic E-state index is 11.2. The van der Waals surface area contributed by atoms with Crippen LogP contribution in [-0.2, 0) is 14.3 Å². The third-order valence-electron chi connectivity index (χ3n) is 0.468. The number of alkyl halides is 3. The summed E-state index contributed by atoms with van der Waals surface area (Å²) in [4.78, 5) is 19.5. The van der Waals surface area contributed by atoms with Crippen LogP contribution in [0.25, 0.3) is 0 Å². The van der Waals surface area contributed by atoms with Crippen LogP contribution in [-0.4, -0.2) is 37.0 Å². The Morgan fingerprint density at radius 2 is 1.64 bits per heavy atom. The molecule has 0 amide bonds. The van der Waals surface area contributed by atoms with Crippen LogP contribution in [0.5, 0.6) is 0 Å². The SMILES string of the molecule is CC(=O)OC(=O)C(F)(F)F.[LiH]. The summed E-state index contributed by atoms with van der Waals surface area (Å²) in [6.45, 7) is 0.712. The molecule has 0 unspecified atom stereocenters. The predicted molar refractivity (Wildman–Crippen MR) is 30.0 cm³/mol. The first-order valence-electron chi connectivity index (χ1n) is 2.13. The molecular formula is C4H4F3LiO3. The van der Waals surface area contributed by atoms with Crippen molar-refractivity contribution in [3.8, 4) is 0 Å². The molecule has 0 aliphatic heterocycles. The molecule has 0 saturated carbocycles. The van der Waals surface area contributed by atoms with Crippen molar-refractivity contribution in [2.75, 3.05) is 0 Å². The Morgan fingerprint density at radius 3 is 1.73 bits per heavy atom. The molecule has 0 heterocycles. The van der Waals surface area contributed by atoms with Gasteiger partial charge in [-0.25, -0.2) is 4.79 Å². The Bertz CT molecular complexity index is 164. The predicted octanol–water partition coefficient (Wildman–Crippen LogP) is -0.0101. The molecule has 0 aromatic rings. The van der Waals surface area contributed by atoms with Gasteiger partial charge in [0.1, 0.15) is 0 Å². The van der Waals surface area contributed by atoms with Gasteiger partial charge >= 0.3 is 37.0 Å². The van der Waals surface area contributed by atoms with E-state index in [4.69, 9.17) is 0 Å². The monoisotopic (exact) mass is 164 g/mol. The van der Waals surface area contributed by atoms with Crippen LogP contribution in [0.2, 0.25) is 0 Å². The summed E-state index contributed by atoms with van der Waals surface area (Å²) in [5.41, 5.74) is 0. The molecule has 0 saturated heterocycles. The van der Waals surface area contributed by atoms with Crippen molar-refractivity contribution in [1.29, 1.82) is 0 Å². The van der Waals surface area contributed by atoms with E-state index >= 15 is 0 Å². The van der Waals surface area contributed by atoms with Gasteiger partial charge in [-0.3, -0.25) is 4.79 Å². The van der Waals surface area contributed by atoms with Gasteiger partial charge in [0.2, 0.25) is 0 Å². The molecule has 0 spiro atoms. The van der Waals surface area contributed by atoms with Crippen LogP contribution in [0.15, 0.2) is 0 Å². The summed E-state index contributed by atoms with van der Waals surface area (Å²) in [6.07, 6.45) is -5.09. The molecule has 0 aliphatic carbocycles. The number of hydrogen-bond acceptors (Lipinski definition) is 3. The van der Waals surface area contributed by atoms with Crippen LogP contribution >= 0.6 is 0 Å². The first-order valence-corrected chi connectivity index (χ1v) is 2.13. The second-order valence-corrected chi connectivity index (χ2v) is 1.38. The molecule has 3 nitrogen and oxygen atoms in total. The van der Waals surface area contributed by atoms with Crippen molar-refractivity contribution in [3.05, 3.63) is 0 Å². The Balaban J connectivity index is 0. The summed E-state index contributed by atoms with van der Waals surface area (Å²) < 4.78 is 36.8. The van der Waals surface area contributed by atoms with Gasteiger partial charge in [0.15, 0.2) is 0 Å². The number of ether oxygens (including phenoxy) is 1. The molecule has 0 atom stereocenters. The summed E-state index contributed by atoms with van der Waals surface area (Å²) in [5, 5.41) is 0. The van der Waals surface area contributed by atoms with Crippen molar-refractivity contribution in [2.24, 2.45) is 0 Å². The molecule has 0 aliphatic rings. The van der Waals surface area contributed by atoms with E-state index in [1.54, 1.807) is 0 Å². The number of rotatable bonds is 0. The summed E-state index contributed by atoms with van der Waals surface area (Å²) in [5.74, 6) is -3.76. The van der Waals surface area contributed by atoms with Gasteiger partial charge in [-0.05, 0) is 0 Å². The molecule has 11 heavy (non-hydrogen) atoms. The zero-order valence-electron chi connectivity index (χ0n) is 4.86. The summed E-state index contributed by atoms with van der Waals surface area (Å²) in [7, 11) is 0. The van der Waals surface area contributed by atoms with E-state index in [1.165, 1.54) is 0 Å². The van der Waals surface area contributed by atoms with E-state index in [1.807, 2.05) is 0 Å². The number of esters is 2. The Labute approximate surface area is 72.1 Å². The first kappa shape index (κ1) is 13.1. The minimum atomic E-state index is -5.09. The first-order chi connectivity index (χ1) is 4.34. The number of carbonyl (C=O) groups excluding carboxylic acids is 2. The Morgan fingerprint density at radius 1 is 1.27 bits per heavy atom. The molecule has 0 radical (unpaired) electrons. The van der Waals surface area contributed by atoms with Gasteiger partial charge < -0.3 is 4.74 Å². The van der Waals surface area contributed by atoms with Crippen molar-refractivity contribution in [1.82, 2.24) is 0 Å². The van der Waals surface area contributed by atoms with Crippen LogP contribution in [0.4, 0.5) is 13.2 Å². The van der Waals surface area contributed by atoms with Crippen molar-refractivity contribution in [3.63, 3.8) is 0 Å². The maximum absolute atomic E-state index is 11.2. The van der Waals surface area contributed by atoms with E-state index in [0.29, 0.717) is 6.92 Å². The van der Waals surface area contributed by atoms with Crippen molar-refractivity contribution >= 4 is 30.8 Å². The van der Waals surface area contributed by atoms with Crippen LogP contribution in [0, 0.1) is 0 Å². The fraction of sp³-hybridized carbons (Fsp3) is 0.500. The van der Waals surface area contributed by atoms with Crippen molar-refractivity contribution in [2.45, 2.75) is 13.1 Å². The Kier molecular flexibility index (Phi) is 5.27. The number of hydrogen-bond donors (Lipinski definition) is 0. The van der Waals surface area contributed by atoms with Crippen LogP contribution in [0.3, 0.4) is 0 Å². The second-order valence-electron chi connectivity index (χ2n) is 1.38. The van der Waals surface area contributed by atoms with Gasteiger partial charge in [0.25, 0.3) is 0 Å². The van der Waals surface area contributed by atoms with E-state index in [0.717, 1.165) is 0 Å². The molecule has 7 heteroatoms. The average molecular weight is 164 g/mol. The Hall–Kier alpha value is -0.473. The van der Waals surface area contributed by atoms with Gasteiger partial charge in [0, 0.05) is 6.92 Å². The van der Waals surface area contributed by atoms with Gasteiger partial charge in [0.05, 0.1) is 0 Å². The average Bonchev–Trinajstić information content (AvgIpc) is 1.60. The van der Waals surface area contributed by atoms with Crippen molar-refractivity contribution < 1.29 is 27.5 Å². The molecule has 0 aromatic heterocycles. The number of carbonyl (C=O) groups is 2. The third kappa shape index (κ3) is 5.95. The molecule has 60 valence electrons. The minimum absolute atomic E-state index is 0. The quantitative estimate of drug-likeness (QED) is 0.287.